The fourth-order valence-corrected chi connectivity index (χ4v) is 3.52. The molecule has 1 aromatic heterocycles. The Morgan fingerprint density at radius 1 is 1.03 bits per heavy atom. The van der Waals surface area contributed by atoms with E-state index in [9.17, 15) is 18.8 Å². The number of pyridine rings is 1. The molecule has 8 heteroatoms. The maximum atomic E-state index is 13.7. The van der Waals surface area contributed by atoms with E-state index in [0.717, 1.165) is 5.56 Å². The quantitative estimate of drug-likeness (QED) is 0.618. The van der Waals surface area contributed by atoms with Crippen LogP contribution < -0.4 is 15.5 Å². The molecule has 7 nitrogen and oxygen atoms in total. The van der Waals surface area contributed by atoms with E-state index in [-0.39, 0.29) is 48.0 Å². The number of hydrogen-bond donors (Lipinski definition) is 1. The van der Waals surface area contributed by atoms with Crippen molar-refractivity contribution in [3.63, 3.8) is 0 Å². The van der Waals surface area contributed by atoms with Crippen molar-refractivity contribution in [3.8, 4) is 5.75 Å². The van der Waals surface area contributed by atoms with Gasteiger partial charge in [-0.2, -0.15) is 0 Å². The SMILES string of the molecule is O=C(NCCN1CCn2cc(OCc3ccccc3)c(=O)cc2C1=O)c1ccccc1F. The van der Waals surface area contributed by atoms with E-state index in [1.54, 1.807) is 21.7 Å². The molecule has 2 aromatic carbocycles. The van der Waals surface area contributed by atoms with Gasteiger partial charge in [-0.3, -0.25) is 14.4 Å². The number of ether oxygens (including phenoxy) is 1. The number of benzene rings is 2. The van der Waals surface area contributed by atoms with Crippen LogP contribution in [0.1, 0.15) is 26.4 Å². The van der Waals surface area contributed by atoms with Gasteiger partial charge in [0.25, 0.3) is 11.8 Å². The first-order valence-electron chi connectivity index (χ1n) is 10.3. The maximum Gasteiger partial charge on any atom is 0.270 e. The van der Waals surface area contributed by atoms with Crippen molar-refractivity contribution in [1.29, 1.82) is 0 Å². The van der Waals surface area contributed by atoms with Crippen molar-refractivity contribution >= 4 is 11.8 Å². The molecule has 0 atom stereocenters. The monoisotopic (exact) mass is 435 g/mol. The number of fused-ring (bicyclic) bond motifs is 1. The number of rotatable bonds is 7. The molecule has 4 rings (SSSR count). The average Bonchev–Trinajstić information content (AvgIpc) is 2.80. The molecule has 2 amide bonds. The van der Waals surface area contributed by atoms with Crippen LogP contribution in [0.2, 0.25) is 0 Å². The van der Waals surface area contributed by atoms with Crippen LogP contribution in [0, 0.1) is 5.82 Å². The first kappa shape index (κ1) is 21.3. The number of aromatic nitrogens is 1. The molecule has 2 heterocycles. The summed E-state index contributed by atoms with van der Waals surface area (Å²) in [6.07, 6.45) is 1.57. The summed E-state index contributed by atoms with van der Waals surface area (Å²) in [5, 5.41) is 2.62. The molecule has 3 aromatic rings. The molecule has 1 N–H and O–H groups in total. The maximum absolute atomic E-state index is 13.7. The summed E-state index contributed by atoms with van der Waals surface area (Å²) in [6.45, 7) is 1.59. The fourth-order valence-electron chi connectivity index (χ4n) is 3.52. The Balaban J connectivity index is 1.37. The lowest BCUT2D eigenvalue weighted by Crippen LogP contribution is -2.45. The molecule has 0 saturated heterocycles. The van der Waals surface area contributed by atoms with E-state index in [2.05, 4.69) is 5.32 Å². The Morgan fingerprint density at radius 3 is 2.56 bits per heavy atom. The Labute approximate surface area is 184 Å². The van der Waals surface area contributed by atoms with Crippen molar-refractivity contribution in [2.75, 3.05) is 19.6 Å². The second-order valence-corrected chi connectivity index (χ2v) is 7.38. The van der Waals surface area contributed by atoms with Crippen molar-refractivity contribution in [2.24, 2.45) is 0 Å². The molecule has 0 aliphatic carbocycles. The molecule has 164 valence electrons. The molecule has 32 heavy (non-hydrogen) atoms. The summed E-state index contributed by atoms with van der Waals surface area (Å²) in [4.78, 5) is 38.9. The zero-order valence-electron chi connectivity index (χ0n) is 17.3. The summed E-state index contributed by atoms with van der Waals surface area (Å²) in [7, 11) is 0. The summed E-state index contributed by atoms with van der Waals surface area (Å²) < 4.78 is 21.1. The van der Waals surface area contributed by atoms with Crippen LogP contribution in [-0.2, 0) is 13.2 Å². The van der Waals surface area contributed by atoms with Crippen molar-refractivity contribution < 1.29 is 18.7 Å². The van der Waals surface area contributed by atoms with Gasteiger partial charge in [-0.1, -0.05) is 42.5 Å². The first-order chi connectivity index (χ1) is 15.5. The zero-order valence-corrected chi connectivity index (χ0v) is 17.3. The minimum atomic E-state index is -0.599. The van der Waals surface area contributed by atoms with Crippen LogP contribution in [0.5, 0.6) is 5.75 Å². The van der Waals surface area contributed by atoms with E-state index >= 15 is 0 Å². The Hall–Kier alpha value is -3.94. The Bertz CT molecular complexity index is 1190. The molecule has 0 fully saturated rings. The minimum Gasteiger partial charge on any atom is -0.483 e. The topological polar surface area (TPSA) is 80.6 Å². The van der Waals surface area contributed by atoms with Gasteiger partial charge in [0.05, 0.1) is 11.8 Å². The van der Waals surface area contributed by atoms with Gasteiger partial charge in [-0.15, -0.1) is 0 Å². The Kier molecular flexibility index (Phi) is 6.30. The highest BCUT2D eigenvalue weighted by Crippen LogP contribution is 2.15. The summed E-state index contributed by atoms with van der Waals surface area (Å²) in [5.74, 6) is -1.25. The number of nitrogens with one attached hydrogen (secondary N) is 1. The number of carbonyl (C=O) groups excluding carboxylic acids is 2. The van der Waals surface area contributed by atoms with Gasteiger partial charge in [0.2, 0.25) is 5.43 Å². The van der Waals surface area contributed by atoms with Crippen LogP contribution >= 0.6 is 0 Å². The largest absolute Gasteiger partial charge is 0.483 e. The van der Waals surface area contributed by atoms with Gasteiger partial charge >= 0.3 is 0 Å². The highest BCUT2D eigenvalue weighted by Gasteiger charge is 2.25. The fraction of sp³-hybridized carbons (Fsp3) is 0.208. The average molecular weight is 435 g/mol. The van der Waals surface area contributed by atoms with Gasteiger partial charge in [0.1, 0.15) is 18.1 Å². The van der Waals surface area contributed by atoms with Crippen LogP contribution in [-0.4, -0.2) is 40.9 Å². The smallest absolute Gasteiger partial charge is 0.270 e. The van der Waals surface area contributed by atoms with Crippen molar-refractivity contribution in [3.05, 3.63) is 99.7 Å². The van der Waals surface area contributed by atoms with Gasteiger partial charge in [-0.25, -0.2) is 4.39 Å². The van der Waals surface area contributed by atoms with E-state index < -0.39 is 11.7 Å². The molecule has 0 saturated carbocycles. The lowest BCUT2D eigenvalue weighted by atomic mass is 10.2. The molecule has 0 radical (unpaired) electrons. The molecular formula is C24H22FN3O4. The number of nitrogens with zero attached hydrogens (tertiary/aromatic N) is 2. The van der Waals surface area contributed by atoms with Gasteiger partial charge in [-0.05, 0) is 17.7 Å². The molecule has 1 aliphatic heterocycles. The minimum absolute atomic E-state index is 0.0441. The Morgan fingerprint density at radius 2 is 1.78 bits per heavy atom. The van der Waals surface area contributed by atoms with Gasteiger partial charge < -0.3 is 19.5 Å². The third-order valence-electron chi connectivity index (χ3n) is 5.23. The van der Waals surface area contributed by atoms with Crippen molar-refractivity contribution in [2.45, 2.75) is 13.2 Å². The van der Waals surface area contributed by atoms with Gasteiger partial charge in [0, 0.05) is 32.2 Å². The third kappa shape index (κ3) is 4.69. The third-order valence-corrected chi connectivity index (χ3v) is 5.23. The van der Waals surface area contributed by atoms with Crippen LogP contribution in [0.25, 0.3) is 0 Å². The van der Waals surface area contributed by atoms with Crippen molar-refractivity contribution in [1.82, 2.24) is 14.8 Å². The molecule has 0 spiro atoms. The number of halogens is 1. The molecule has 0 bridgehead atoms. The van der Waals surface area contributed by atoms with Crippen LogP contribution in [0.3, 0.4) is 0 Å². The van der Waals surface area contributed by atoms with Crippen LogP contribution in [0.15, 0.2) is 71.7 Å². The van der Waals surface area contributed by atoms with E-state index in [0.29, 0.717) is 13.1 Å². The first-order valence-corrected chi connectivity index (χ1v) is 10.3. The molecule has 0 unspecified atom stereocenters. The predicted octanol–water partition coefficient (Wildman–Crippen LogP) is 2.45. The highest BCUT2D eigenvalue weighted by atomic mass is 19.1. The molecular weight excluding hydrogens is 413 g/mol. The number of carbonyl (C=O) groups is 2. The summed E-state index contributed by atoms with van der Waals surface area (Å²) in [6, 6.07) is 16.5. The van der Waals surface area contributed by atoms with Crippen LogP contribution in [0.4, 0.5) is 4.39 Å². The summed E-state index contributed by atoms with van der Waals surface area (Å²) >= 11 is 0. The van der Waals surface area contributed by atoms with Gasteiger partial charge in [0.15, 0.2) is 5.75 Å². The van der Waals surface area contributed by atoms with E-state index in [4.69, 9.17) is 4.74 Å². The van der Waals surface area contributed by atoms with E-state index in [1.165, 1.54) is 24.3 Å². The zero-order chi connectivity index (χ0) is 22.5. The highest BCUT2D eigenvalue weighted by molar-refractivity contribution is 5.95. The standard InChI is InChI=1S/C24H22FN3O4/c25-19-9-5-4-8-18(19)23(30)26-10-11-27-12-13-28-15-22(21(29)14-20(28)24(27)31)32-16-17-6-2-1-3-7-17/h1-9,14-15H,10-13,16H2,(H,26,30). The lowest BCUT2D eigenvalue weighted by molar-refractivity contribution is 0.0696. The molecule has 1 aliphatic rings. The second-order valence-electron chi connectivity index (χ2n) is 7.38. The number of hydrogen-bond acceptors (Lipinski definition) is 4. The van der Waals surface area contributed by atoms with E-state index in [1.807, 2.05) is 30.3 Å². The normalized spacial score (nSPS) is 12.9. The second kappa shape index (κ2) is 9.47. The number of amides is 2. The summed E-state index contributed by atoms with van der Waals surface area (Å²) in [5.41, 5.74) is 0.802. The predicted molar refractivity (Wildman–Crippen MR) is 116 cm³/mol. The lowest BCUT2D eigenvalue weighted by Gasteiger charge is -2.30.